The van der Waals surface area contributed by atoms with Crippen molar-refractivity contribution in [3.63, 3.8) is 0 Å². The van der Waals surface area contributed by atoms with Gasteiger partial charge in [0.05, 0.1) is 17.9 Å². The Kier molecular flexibility index (Phi) is 6.92. The lowest BCUT2D eigenvalue weighted by atomic mass is 10.1. The standard InChI is InChI=1S/C22H18BrN3O4/c23-17-5-3-16(4-6-17)21(27)14-24-18-7-9-19(10-8-18)25-22(28)13-15-1-11-20(12-2-15)26(29)30/h1-12,24H,13-14H2,(H,25,28). The summed E-state index contributed by atoms with van der Waals surface area (Å²) in [7, 11) is 0. The van der Waals surface area contributed by atoms with E-state index < -0.39 is 4.92 Å². The van der Waals surface area contributed by atoms with Crippen LogP contribution in [0.15, 0.2) is 77.3 Å². The van der Waals surface area contributed by atoms with Crippen molar-refractivity contribution >= 4 is 44.7 Å². The second-order valence-electron chi connectivity index (χ2n) is 6.51. The van der Waals surface area contributed by atoms with Gasteiger partial charge < -0.3 is 10.6 Å². The molecule has 3 aromatic rings. The van der Waals surface area contributed by atoms with Gasteiger partial charge in [-0.2, -0.15) is 0 Å². The molecule has 0 spiro atoms. The topological polar surface area (TPSA) is 101 Å². The van der Waals surface area contributed by atoms with Crippen molar-refractivity contribution in [1.82, 2.24) is 0 Å². The third kappa shape index (κ3) is 5.99. The van der Waals surface area contributed by atoms with Gasteiger partial charge in [-0.15, -0.1) is 0 Å². The van der Waals surface area contributed by atoms with E-state index in [9.17, 15) is 19.7 Å². The Morgan fingerprint density at radius 1 is 0.867 bits per heavy atom. The van der Waals surface area contributed by atoms with Crippen molar-refractivity contribution < 1.29 is 14.5 Å². The number of nitro benzene ring substituents is 1. The molecule has 0 fully saturated rings. The summed E-state index contributed by atoms with van der Waals surface area (Å²) < 4.78 is 0.915. The average molecular weight is 468 g/mol. The summed E-state index contributed by atoms with van der Waals surface area (Å²) in [6.07, 6.45) is 0.111. The highest BCUT2D eigenvalue weighted by atomic mass is 79.9. The predicted octanol–water partition coefficient (Wildman–Crippen LogP) is 4.83. The highest BCUT2D eigenvalue weighted by Crippen LogP contribution is 2.16. The van der Waals surface area contributed by atoms with Crippen LogP contribution in [-0.2, 0) is 11.2 Å². The van der Waals surface area contributed by atoms with Gasteiger partial charge in [0.15, 0.2) is 5.78 Å². The zero-order valence-corrected chi connectivity index (χ0v) is 17.4. The SMILES string of the molecule is O=C(Cc1ccc([N+](=O)[O-])cc1)Nc1ccc(NCC(=O)c2ccc(Br)cc2)cc1. The molecule has 1 amide bonds. The number of amides is 1. The minimum Gasteiger partial charge on any atom is -0.378 e. The maximum Gasteiger partial charge on any atom is 0.269 e. The van der Waals surface area contributed by atoms with Gasteiger partial charge >= 0.3 is 0 Å². The van der Waals surface area contributed by atoms with Gasteiger partial charge in [0.25, 0.3) is 5.69 Å². The van der Waals surface area contributed by atoms with Crippen LogP contribution in [0, 0.1) is 10.1 Å². The number of anilines is 2. The van der Waals surface area contributed by atoms with Gasteiger partial charge in [0.1, 0.15) is 0 Å². The van der Waals surface area contributed by atoms with E-state index in [1.165, 1.54) is 12.1 Å². The number of hydrogen-bond acceptors (Lipinski definition) is 5. The first kappa shape index (κ1) is 21.2. The molecule has 0 aliphatic rings. The summed E-state index contributed by atoms with van der Waals surface area (Å²) in [5.41, 5.74) is 2.67. The number of nitrogens with one attached hydrogen (secondary N) is 2. The second kappa shape index (κ2) is 9.80. The molecule has 152 valence electrons. The molecule has 3 aromatic carbocycles. The van der Waals surface area contributed by atoms with Crippen LogP contribution < -0.4 is 10.6 Å². The van der Waals surface area contributed by atoms with E-state index in [1.807, 2.05) is 12.1 Å². The lowest BCUT2D eigenvalue weighted by Gasteiger charge is -2.09. The normalized spacial score (nSPS) is 10.3. The van der Waals surface area contributed by atoms with E-state index in [2.05, 4.69) is 26.6 Å². The van der Waals surface area contributed by atoms with Crippen molar-refractivity contribution in [3.8, 4) is 0 Å². The van der Waals surface area contributed by atoms with E-state index in [0.29, 0.717) is 16.8 Å². The Morgan fingerprint density at radius 2 is 1.47 bits per heavy atom. The molecule has 0 saturated carbocycles. The quantitative estimate of drug-likeness (QED) is 0.280. The molecule has 0 aliphatic heterocycles. The average Bonchev–Trinajstić information content (AvgIpc) is 2.74. The molecule has 0 aromatic heterocycles. The Hall–Kier alpha value is -3.52. The van der Waals surface area contributed by atoms with E-state index in [-0.39, 0.29) is 30.3 Å². The van der Waals surface area contributed by atoms with Crippen LogP contribution in [0.3, 0.4) is 0 Å². The van der Waals surface area contributed by atoms with Crippen molar-refractivity contribution in [1.29, 1.82) is 0 Å². The maximum absolute atomic E-state index is 12.2. The molecule has 0 aliphatic carbocycles. The molecule has 3 rings (SSSR count). The second-order valence-corrected chi connectivity index (χ2v) is 7.43. The van der Waals surface area contributed by atoms with Crippen LogP contribution in [0.25, 0.3) is 0 Å². The van der Waals surface area contributed by atoms with E-state index in [4.69, 9.17) is 0 Å². The van der Waals surface area contributed by atoms with Gasteiger partial charge in [-0.1, -0.05) is 40.2 Å². The molecule has 0 bridgehead atoms. The summed E-state index contributed by atoms with van der Waals surface area (Å²) in [6.45, 7) is 0.160. The number of halogens is 1. The van der Waals surface area contributed by atoms with Gasteiger partial charge in [-0.05, 0) is 42.0 Å². The molecular weight excluding hydrogens is 450 g/mol. The van der Waals surface area contributed by atoms with Crippen LogP contribution >= 0.6 is 15.9 Å². The lowest BCUT2D eigenvalue weighted by molar-refractivity contribution is -0.384. The van der Waals surface area contributed by atoms with Gasteiger partial charge in [-0.3, -0.25) is 19.7 Å². The minimum absolute atomic E-state index is 0.0131. The Balaban J connectivity index is 1.50. The molecular formula is C22H18BrN3O4. The number of ketones is 1. The van der Waals surface area contributed by atoms with Crippen molar-refractivity contribution in [2.75, 3.05) is 17.2 Å². The molecule has 0 heterocycles. The zero-order valence-electron chi connectivity index (χ0n) is 15.8. The fourth-order valence-corrected chi connectivity index (χ4v) is 2.98. The molecule has 0 radical (unpaired) electrons. The number of nitrogens with zero attached hydrogens (tertiary/aromatic N) is 1. The molecule has 30 heavy (non-hydrogen) atoms. The maximum atomic E-state index is 12.2. The number of nitro groups is 1. The molecule has 2 N–H and O–H groups in total. The number of carbonyl (C=O) groups excluding carboxylic acids is 2. The Morgan fingerprint density at radius 3 is 2.07 bits per heavy atom. The number of hydrogen-bond donors (Lipinski definition) is 2. The molecule has 0 saturated heterocycles. The van der Waals surface area contributed by atoms with Crippen LogP contribution in [0.2, 0.25) is 0 Å². The van der Waals surface area contributed by atoms with Crippen LogP contribution in [-0.4, -0.2) is 23.2 Å². The third-order valence-corrected chi connectivity index (χ3v) is 4.83. The first-order valence-electron chi connectivity index (χ1n) is 9.06. The third-order valence-electron chi connectivity index (χ3n) is 4.30. The fraction of sp³-hybridized carbons (Fsp3) is 0.0909. The van der Waals surface area contributed by atoms with Crippen molar-refractivity contribution in [3.05, 3.63) is 98.5 Å². The minimum atomic E-state index is -0.480. The molecule has 0 atom stereocenters. The predicted molar refractivity (Wildman–Crippen MR) is 119 cm³/mol. The number of carbonyl (C=O) groups is 2. The van der Waals surface area contributed by atoms with Crippen molar-refractivity contribution in [2.24, 2.45) is 0 Å². The number of benzene rings is 3. The first-order valence-corrected chi connectivity index (χ1v) is 9.86. The first-order chi connectivity index (χ1) is 14.4. The lowest BCUT2D eigenvalue weighted by Crippen LogP contribution is -2.15. The highest BCUT2D eigenvalue weighted by Gasteiger charge is 2.08. The number of non-ortho nitro benzene ring substituents is 1. The summed E-state index contributed by atoms with van der Waals surface area (Å²) in [6, 6.07) is 20.1. The molecule has 0 unspecified atom stereocenters. The van der Waals surface area contributed by atoms with Gasteiger partial charge in [-0.25, -0.2) is 0 Å². The monoisotopic (exact) mass is 467 g/mol. The van der Waals surface area contributed by atoms with Gasteiger partial charge in [0, 0.05) is 33.5 Å². The summed E-state index contributed by atoms with van der Waals surface area (Å²) in [5.74, 6) is -0.252. The number of Topliss-reactive ketones (excluding diaryl/α,β-unsaturated/α-hetero) is 1. The smallest absolute Gasteiger partial charge is 0.269 e. The highest BCUT2D eigenvalue weighted by molar-refractivity contribution is 9.10. The molecule has 7 nitrogen and oxygen atoms in total. The summed E-state index contributed by atoms with van der Waals surface area (Å²) in [4.78, 5) is 34.6. The summed E-state index contributed by atoms with van der Waals surface area (Å²) in [5, 5.41) is 16.5. The Bertz CT molecular complexity index is 1050. The van der Waals surface area contributed by atoms with Crippen LogP contribution in [0.1, 0.15) is 15.9 Å². The van der Waals surface area contributed by atoms with E-state index in [0.717, 1.165) is 10.2 Å². The van der Waals surface area contributed by atoms with Crippen LogP contribution in [0.5, 0.6) is 0 Å². The van der Waals surface area contributed by atoms with Crippen molar-refractivity contribution in [2.45, 2.75) is 6.42 Å². The fourth-order valence-electron chi connectivity index (χ4n) is 2.72. The van der Waals surface area contributed by atoms with E-state index in [1.54, 1.807) is 48.5 Å². The largest absolute Gasteiger partial charge is 0.378 e. The summed E-state index contributed by atoms with van der Waals surface area (Å²) >= 11 is 3.34. The zero-order chi connectivity index (χ0) is 21.5. The van der Waals surface area contributed by atoms with Crippen LogP contribution in [0.4, 0.5) is 17.1 Å². The molecule has 8 heteroatoms. The van der Waals surface area contributed by atoms with E-state index >= 15 is 0 Å². The van der Waals surface area contributed by atoms with Gasteiger partial charge in [0.2, 0.25) is 5.91 Å². The Labute approximate surface area is 181 Å². The number of rotatable bonds is 8.